The van der Waals surface area contributed by atoms with E-state index in [1.807, 2.05) is 12.2 Å². The van der Waals surface area contributed by atoms with E-state index >= 15 is 0 Å². The lowest BCUT2D eigenvalue weighted by Gasteiger charge is -2.32. The quantitative estimate of drug-likeness (QED) is 0.420. The van der Waals surface area contributed by atoms with Crippen LogP contribution in [0.5, 0.6) is 0 Å². The predicted octanol–water partition coefficient (Wildman–Crippen LogP) is 2.31. The Morgan fingerprint density at radius 3 is 2.00 bits per heavy atom. The van der Waals surface area contributed by atoms with Crippen LogP contribution in [0.2, 0.25) is 0 Å². The van der Waals surface area contributed by atoms with Gasteiger partial charge in [0.1, 0.15) is 0 Å². The zero-order chi connectivity index (χ0) is 10.1. The average molecular weight is 182 g/mol. The van der Waals surface area contributed by atoms with E-state index in [1.54, 1.807) is 0 Å². The first-order valence-electron chi connectivity index (χ1n) is 5.01. The summed E-state index contributed by atoms with van der Waals surface area (Å²) in [6.07, 6.45) is 4.95. The van der Waals surface area contributed by atoms with Crippen molar-refractivity contribution in [1.82, 2.24) is 10.0 Å². The van der Waals surface area contributed by atoms with E-state index in [-0.39, 0.29) is 0 Å². The van der Waals surface area contributed by atoms with Crippen molar-refractivity contribution < 1.29 is 0 Å². The summed E-state index contributed by atoms with van der Waals surface area (Å²) in [5, 5.41) is 4.64. The lowest BCUT2D eigenvalue weighted by molar-refractivity contribution is -0.00382. The highest BCUT2D eigenvalue weighted by Gasteiger charge is 2.08. The van der Waals surface area contributed by atoms with Crippen molar-refractivity contribution >= 4 is 0 Å². The van der Waals surface area contributed by atoms with E-state index in [9.17, 15) is 0 Å². The molecule has 2 nitrogen and oxygen atoms in total. The molecule has 0 saturated carbocycles. The Bertz CT molecular complexity index is 143. The third kappa shape index (κ3) is 4.86. The number of hydrazine groups is 1. The molecule has 0 bridgehead atoms. The van der Waals surface area contributed by atoms with E-state index in [2.05, 4.69) is 37.0 Å². The van der Waals surface area contributed by atoms with Crippen LogP contribution in [-0.4, -0.2) is 36.2 Å². The van der Waals surface area contributed by atoms with Gasteiger partial charge in [-0.1, -0.05) is 26.0 Å². The Kier molecular flexibility index (Phi) is 7.65. The Balaban J connectivity index is 3.98. The normalized spacial score (nSPS) is 10.8. The van der Waals surface area contributed by atoms with Crippen LogP contribution in [0.1, 0.15) is 20.3 Å². The minimum Gasteiger partial charge on any atom is -0.241 e. The molecule has 2 heteroatoms. The number of hydrogen-bond donors (Lipinski definition) is 0. The van der Waals surface area contributed by atoms with E-state index in [0.717, 1.165) is 32.6 Å². The smallest absolute Gasteiger partial charge is 0.0311 e. The fourth-order valence-electron chi connectivity index (χ4n) is 1.33. The fourth-order valence-corrected chi connectivity index (χ4v) is 1.33. The van der Waals surface area contributed by atoms with Gasteiger partial charge in [-0.25, -0.2) is 10.0 Å². The maximum atomic E-state index is 3.76. The van der Waals surface area contributed by atoms with Crippen molar-refractivity contribution in [3.8, 4) is 0 Å². The van der Waals surface area contributed by atoms with Gasteiger partial charge >= 0.3 is 0 Å². The molecule has 0 aromatic rings. The summed E-state index contributed by atoms with van der Waals surface area (Å²) in [5.41, 5.74) is 0. The Hall–Kier alpha value is -0.600. The van der Waals surface area contributed by atoms with Crippen LogP contribution in [0.3, 0.4) is 0 Å². The van der Waals surface area contributed by atoms with Crippen molar-refractivity contribution in [2.75, 3.05) is 26.2 Å². The van der Waals surface area contributed by atoms with Gasteiger partial charge in [0.15, 0.2) is 0 Å². The summed E-state index contributed by atoms with van der Waals surface area (Å²) in [6.45, 7) is 15.9. The van der Waals surface area contributed by atoms with Crippen LogP contribution in [0.25, 0.3) is 0 Å². The molecule has 0 aliphatic rings. The van der Waals surface area contributed by atoms with Gasteiger partial charge in [-0.3, -0.25) is 0 Å². The average Bonchev–Trinajstić information content (AvgIpc) is 2.17. The molecule has 0 aliphatic heterocycles. The molecule has 0 heterocycles. The molecule has 0 saturated heterocycles. The molecule has 76 valence electrons. The van der Waals surface area contributed by atoms with Gasteiger partial charge in [-0.2, -0.15) is 0 Å². The number of rotatable bonds is 8. The van der Waals surface area contributed by atoms with Gasteiger partial charge in [-0.15, -0.1) is 13.2 Å². The maximum absolute atomic E-state index is 3.76. The van der Waals surface area contributed by atoms with Crippen LogP contribution < -0.4 is 0 Å². The van der Waals surface area contributed by atoms with Crippen LogP contribution in [-0.2, 0) is 0 Å². The van der Waals surface area contributed by atoms with Crippen molar-refractivity contribution in [2.45, 2.75) is 20.3 Å². The molecule has 0 spiro atoms. The summed E-state index contributed by atoms with van der Waals surface area (Å²) in [6, 6.07) is 0. The van der Waals surface area contributed by atoms with Gasteiger partial charge in [0.05, 0.1) is 0 Å². The summed E-state index contributed by atoms with van der Waals surface area (Å²) in [5.74, 6) is 0. The molecular formula is C11H22N2. The minimum atomic E-state index is 0.932. The van der Waals surface area contributed by atoms with Gasteiger partial charge in [0.25, 0.3) is 0 Å². The van der Waals surface area contributed by atoms with Crippen LogP contribution in [0.4, 0.5) is 0 Å². The highest BCUT2D eigenvalue weighted by molar-refractivity contribution is 4.73. The first kappa shape index (κ1) is 12.4. The van der Waals surface area contributed by atoms with Gasteiger partial charge in [0.2, 0.25) is 0 Å². The molecule has 0 atom stereocenters. The van der Waals surface area contributed by atoms with Gasteiger partial charge in [-0.05, 0) is 6.42 Å². The largest absolute Gasteiger partial charge is 0.241 e. The van der Waals surface area contributed by atoms with E-state index < -0.39 is 0 Å². The molecule has 0 fully saturated rings. The fraction of sp³-hybridized carbons (Fsp3) is 0.636. The third-order valence-electron chi connectivity index (χ3n) is 2.06. The number of hydrogen-bond acceptors (Lipinski definition) is 2. The van der Waals surface area contributed by atoms with E-state index in [4.69, 9.17) is 0 Å². The molecule has 0 radical (unpaired) electrons. The second-order valence-electron chi connectivity index (χ2n) is 2.92. The molecule has 0 aliphatic carbocycles. The number of likely N-dealkylation sites (N-methyl/N-ethyl adjacent to an activating group) is 1. The van der Waals surface area contributed by atoms with Gasteiger partial charge < -0.3 is 0 Å². The molecular weight excluding hydrogens is 160 g/mol. The number of nitrogens with zero attached hydrogens (tertiary/aromatic N) is 2. The van der Waals surface area contributed by atoms with E-state index in [0.29, 0.717) is 0 Å². The highest BCUT2D eigenvalue weighted by Crippen LogP contribution is 1.99. The Morgan fingerprint density at radius 1 is 1.00 bits per heavy atom. The summed E-state index contributed by atoms with van der Waals surface area (Å²) in [7, 11) is 0. The topological polar surface area (TPSA) is 6.48 Å². The lowest BCUT2D eigenvalue weighted by atomic mass is 10.4. The van der Waals surface area contributed by atoms with Crippen LogP contribution in [0, 0.1) is 0 Å². The summed E-state index contributed by atoms with van der Waals surface area (Å²) in [4.78, 5) is 0. The second kappa shape index (κ2) is 8.02. The lowest BCUT2D eigenvalue weighted by Crippen LogP contribution is -2.42. The molecule has 0 unspecified atom stereocenters. The second-order valence-corrected chi connectivity index (χ2v) is 2.92. The zero-order valence-corrected chi connectivity index (χ0v) is 9.00. The maximum Gasteiger partial charge on any atom is 0.0311 e. The van der Waals surface area contributed by atoms with E-state index in [1.165, 1.54) is 0 Å². The summed E-state index contributed by atoms with van der Waals surface area (Å²) >= 11 is 0. The van der Waals surface area contributed by atoms with Crippen molar-refractivity contribution in [3.05, 3.63) is 25.3 Å². The standard InChI is InChI=1S/C11H22N2/c1-5-9-11-13(8-4)12(7-3)10-6-2/h5-6H,1-2,7-11H2,3-4H3. The van der Waals surface area contributed by atoms with Crippen LogP contribution in [0.15, 0.2) is 25.3 Å². The molecule has 0 N–H and O–H groups in total. The van der Waals surface area contributed by atoms with Crippen LogP contribution >= 0.6 is 0 Å². The van der Waals surface area contributed by atoms with Gasteiger partial charge in [0, 0.05) is 26.2 Å². The summed E-state index contributed by atoms with van der Waals surface area (Å²) < 4.78 is 0. The van der Waals surface area contributed by atoms with Crippen molar-refractivity contribution in [2.24, 2.45) is 0 Å². The Morgan fingerprint density at radius 2 is 1.62 bits per heavy atom. The molecule has 0 aromatic heterocycles. The first-order chi connectivity index (χ1) is 6.29. The zero-order valence-electron chi connectivity index (χ0n) is 9.00. The third-order valence-corrected chi connectivity index (χ3v) is 2.06. The highest BCUT2D eigenvalue weighted by atomic mass is 15.6. The predicted molar refractivity (Wildman–Crippen MR) is 59.5 cm³/mol. The molecule has 13 heavy (non-hydrogen) atoms. The Labute approximate surface area is 82.5 Å². The van der Waals surface area contributed by atoms with Crippen molar-refractivity contribution in [3.63, 3.8) is 0 Å². The SMILES string of the molecule is C=CCCN(CC)N(CC)CC=C. The molecule has 0 rings (SSSR count). The minimum absolute atomic E-state index is 0.932. The van der Waals surface area contributed by atoms with Crippen molar-refractivity contribution in [1.29, 1.82) is 0 Å². The molecule has 0 amide bonds. The first-order valence-corrected chi connectivity index (χ1v) is 5.01. The monoisotopic (exact) mass is 182 g/mol. The molecule has 0 aromatic carbocycles.